The normalized spacial score (nSPS) is 14.3. The predicted molar refractivity (Wildman–Crippen MR) is 188 cm³/mol. The van der Waals surface area contributed by atoms with E-state index in [0.29, 0.717) is 16.3 Å². The molecule has 5 rings (SSSR count). The second kappa shape index (κ2) is 15.6. The molecule has 47 heavy (non-hydrogen) atoms. The number of aryl methyl sites for hydroxylation is 2. The summed E-state index contributed by atoms with van der Waals surface area (Å²) in [6.07, 6.45) is 5.29. The first-order valence-corrected chi connectivity index (χ1v) is 18.0. The van der Waals surface area contributed by atoms with Gasteiger partial charge in [-0.25, -0.2) is 8.42 Å². The standard InChI is InChI=1S/C38H42ClN3O4S/c1-28-17-23-34(24-18-28)47(45,46)42(35-16-10-9-11-29(35)2)27-37(43)41(26-31-19-21-32(39)22-20-31)36(25-30-12-5-3-6-13-30)38(44)40-33-14-7-4-8-15-33/h3,5-6,9-13,16-24,33,36H,4,7-8,14-15,25-27H2,1-2H3,(H,40,44). The van der Waals surface area contributed by atoms with Crippen molar-refractivity contribution in [2.75, 3.05) is 10.8 Å². The lowest BCUT2D eigenvalue weighted by Crippen LogP contribution is -2.55. The van der Waals surface area contributed by atoms with E-state index in [1.807, 2.05) is 68.4 Å². The molecule has 0 saturated heterocycles. The van der Waals surface area contributed by atoms with Crippen LogP contribution >= 0.6 is 11.6 Å². The van der Waals surface area contributed by atoms with Gasteiger partial charge in [-0.1, -0.05) is 109 Å². The number of halogens is 1. The second-order valence-corrected chi connectivity index (χ2v) is 14.6. The Hall–Kier alpha value is -4.14. The van der Waals surface area contributed by atoms with Crippen LogP contribution in [0.4, 0.5) is 5.69 Å². The topological polar surface area (TPSA) is 86.8 Å². The monoisotopic (exact) mass is 671 g/mol. The van der Waals surface area contributed by atoms with E-state index in [1.165, 1.54) is 9.21 Å². The molecule has 9 heteroatoms. The molecule has 246 valence electrons. The Bertz CT molecular complexity index is 1760. The zero-order chi connectivity index (χ0) is 33.4. The smallest absolute Gasteiger partial charge is 0.264 e. The van der Waals surface area contributed by atoms with Crippen molar-refractivity contribution in [2.24, 2.45) is 0 Å². The summed E-state index contributed by atoms with van der Waals surface area (Å²) in [7, 11) is -4.16. The van der Waals surface area contributed by atoms with Crippen LogP contribution in [0.3, 0.4) is 0 Å². The van der Waals surface area contributed by atoms with Gasteiger partial charge < -0.3 is 10.2 Å². The van der Waals surface area contributed by atoms with Gasteiger partial charge in [-0.15, -0.1) is 0 Å². The van der Waals surface area contributed by atoms with Crippen LogP contribution in [0.15, 0.2) is 108 Å². The minimum atomic E-state index is -4.16. The van der Waals surface area contributed by atoms with E-state index in [2.05, 4.69) is 5.32 Å². The number of carbonyl (C=O) groups excluding carboxylic acids is 2. The van der Waals surface area contributed by atoms with Crippen LogP contribution in [0.5, 0.6) is 0 Å². The SMILES string of the molecule is Cc1ccc(S(=O)(=O)N(CC(=O)N(Cc2ccc(Cl)cc2)C(Cc2ccccc2)C(=O)NC2CCCCC2)c2ccccc2C)cc1. The van der Waals surface area contributed by atoms with Gasteiger partial charge in [-0.3, -0.25) is 13.9 Å². The lowest BCUT2D eigenvalue weighted by atomic mass is 9.94. The summed E-state index contributed by atoms with van der Waals surface area (Å²) in [4.78, 5) is 30.5. The summed E-state index contributed by atoms with van der Waals surface area (Å²) in [6, 6.07) is 29.6. The van der Waals surface area contributed by atoms with Gasteiger partial charge in [0.2, 0.25) is 11.8 Å². The number of hydrogen-bond acceptors (Lipinski definition) is 4. The minimum absolute atomic E-state index is 0.0346. The van der Waals surface area contributed by atoms with Gasteiger partial charge in [0.05, 0.1) is 10.6 Å². The van der Waals surface area contributed by atoms with E-state index in [4.69, 9.17) is 11.6 Å². The first kappa shape index (κ1) is 34.2. The van der Waals surface area contributed by atoms with E-state index in [1.54, 1.807) is 48.5 Å². The molecule has 4 aromatic carbocycles. The van der Waals surface area contributed by atoms with Crippen molar-refractivity contribution >= 4 is 39.1 Å². The number of para-hydroxylation sites is 1. The molecule has 1 unspecified atom stereocenters. The van der Waals surface area contributed by atoms with E-state index in [0.717, 1.165) is 48.8 Å². The maximum absolute atomic E-state index is 14.7. The Balaban J connectivity index is 1.56. The molecule has 1 fully saturated rings. The molecule has 1 aliphatic carbocycles. The highest BCUT2D eigenvalue weighted by atomic mass is 35.5. The number of rotatable bonds is 12. The molecule has 1 aliphatic rings. The van der Waals surface area contributed by atoms with Gasteiger partial charge in [-0.2, -0.15) is 0 Å². The Labute approximate surface area is 283 Å². The molecule has 0 aliphatic heterocycles. The number of amides is 2. The number of anilines is 1. The highest BCUT2D eigenvalue weighted by molar-refractivity contribution is 7.92. The van der Waals surface area contributed by atoms with Gasteiger partial charge in [0.15, 0.2) is 0 Å². The number of hydrogen-bond donors (Lipinski definition) is 1. The van der Waals surface area contributed by atoms with Gasteiger partial charge in [0.1, 0.15) is 12.6 Å². The lowest BCUT2D eigenvalue weighted by molar-refractivity contribution is -0.140. The highest BCUT2D eigenvalue weighted by Crippen LogP contribution is 2.28. The number of nitrogens with zero attached hydrogens (tertiary/aromatic N) is 2. The molecule has 0 aromatic heterocycles. The van der Waals surface area contributed by atoms with Crippen molar-refractivity contribution in [2.45, 2.75) is 75.9 Å². The van der Waals surface area contributed by atoms with Gasteiger partial charge in [0, 0.05) is 24.0 Å². The molecule has 7 nitrogen and oxygen atoms in total. The van der Waals surface area contributed by atoms with E-state index in [9.17, 15) is 18.0 Å². The molecule has 1 N–H and O–H groups in total. The van der Waals surface area contributed by atoms with Crippen molar-refractivity contribution in [3.63, 3.8) is 0 Å². The fourth-order valence-corrected chi connectivity index (χ4v) is 7.68. The molecule has 1 atom stereocenters. The molecule has 4 aromatic rings. The molecule has 2 amide bonds. The van der Waals surface area contributed by atoms with Crippen LogP contribution < -0.4 is 9.62 Å². The predicted octanol–water partition coefficient (Wildman–Crippen LogP) is 7.24. The lowest BCUT2D eigenvalue weighted by Gasteiger charge is -2.35. The third-order valence-corrected chi connectivity index (χ3v) is 10.8. The Morgan fingerprint density at radius 2 is 1.45 bits per heavy atom. The quantitative estimate of drug-likeness (QED) is 0.172. The van der Waals surface area contributed by atoms with Crippen molar-refractivity contribution < 1.29 is 18.0 Å². The zero-order valence-electron chi connectivity index (χ0n) is 26.9. The molecule has 1 saturated carbocycles. The summed E-state index contributed by atoms with van der Waals surface area (Å²) in [5.41, 5.74) is 3.70. The summed E-state index contributed by atoms with van der Waals surface area (Å²) in [5, 5.41) is 3.79. The zero-order valence-corrected chi connectivity index (χ0v) is 28.5. The minimum Gasteiger partial charge on any atom is -0.352 e. The summed E-state index contributed by atoms with van der Waals surface area (Å²) in [6.45, 7) is 3.31. The van der Waals surface area contributed by atoms with E-state index >= 15 is 0 Å². The van der Waals surface area contributed by atoms with Crippen LogP contribution in [0.25, 0.3) is 0 Å². The average Bonchev–Trinajstić information content (AvgIpc) is 3.07. The third kappa shape index (κ3) is 8.82. The summed E-state index contributed by atoms with van der Waals surface area (Å²) >= 11 is 6.19. The fourth-order valence-electron chi connectivity index (χ4n) is 6.08. The van der Waals surface area contributed by atoms with Crippen molar-refractivity contribution in [1.29, 1.82) is 0 Å². The van der Waals surface area contributed by atoms with Crippen molar-refractivity contribution in [3.8, 4) is 0 Å². The van der Waals surface area contributed by atoms with E-state index in [-0.39, 0.29) is 29.8 Å². The Kier molecular flexibility index (Phi) is 11.4. The number of sulfonamides is 1. The van der Waals surface area contributed by atoms with Crippen LogP contribution in [0.1, 0.15) is 54.4 Å². The molecular formula is C38H42ClN3O4S. The summed E-state index contributed by atoms with van der Waals surface area (Å²) < 4.78 is 29.7. The summed E-state index contributed by atoms with van der Waals surface area (Å²) in [5.74, 6) is -0.731. The number of benzene rings is 4. The van der Waals surface area contributed by atoms with Gasteiger partial charge in [-0.05, 0) is 73.7 Å². The number of carbonyl (C=O) groups is 2. The maximum Gasteiger partial charge on any atom is 0.264 e. The first-order valence-electron chi connectivity index (χ1n) is 16.1. The van der Waals surface area contributed by atoms with Crippen molar-refractivity contribution in [1.82, 2.24) is 10.2 Å². The Morgan fingerprint density at radius 1 is 0.809 bits per heavy atom. The average molecular weight is 672 g/mol. The van der Waals surface area contributed by atoms with Crippen LogP contribution in [0.2, 0.25) is 5.02 Å². The molecule has 0 radical (unpaired) electrons. The van der Waals surface area contributed by atoms with Crippen LogP contribution in [-0.4, -0.2) is 43.8 Å². The largest absolute Gasteiger partial charge is 0.352 e. The first-order chi connectivity index (χ1) is 22.6. The molecule has 0 bridgehead atoms. The fraction of sp³-hybridized carbons (Fsp3) is 0.316. The molecular weight excluding hydrogens is 630 g/mol. The molecule has 0 heterocycles. The van der Waals surface area contributed by atoms with Crippen LogP contribution in [-0.2, 0) is 32.6 Å². The number of nitrogens with one attached hydrogen (secondary N) is 1. The van der Waals surface area contributed by atoms with Crippen molar-refractivity contribution in [3.05, 3.63) is 130 Å². The Morgan fingerprint density at radius 3 is 2.11 bits per heavy atom. The van der Waals surface area contributed by atoms with E-state index < -0.39 is 28.5 Å². The maximum atomic E-state index is 14.7. The third-order valence-electron chi connectivity index (χ3n) is 8.76. The van der Waals surface area contributed by atoms with Gasteiger partial charge in [0.25, 0.3) is 10.0 Å². The van der Waals surface area contributed by atoms with Gasteiger partial charge >= 0.3 is 0 Å². The molecule has 0 spiro atoms. The van der Waals surface area contributed by atoms with Crippen LogP contribution in [0, 0.1) is 13.8 Å². The highest BCUT2D eigenvalue weighted by Gasteiger charge is 2.35. The second-order valence-electron chi connectivity index (χ2n) is 12.3.